The fourth-order valence-electron chi connectivity index (χ4n) is 2.75. The minimum absolute atomic E-state index is 0.0303. The molecule has 1 heterocycles. The van der Waals surface area contributed by atoms with Crippen LogP contribution < -0.4 is 10.4 Å². The number of aromatic amines is 1. The number of rotatable bonds is 7. The predicted molar refractivity (Wildman–Crippen MR) is 101 cm³/mol. The first kappa shape index (κ1) is 18.8. The maximum atomic E-state index is 11.8. The van der Waals surface area contributed by atoms with Crippen LogP contribution in [0.1, 0.15) is 40.4 Å². The van der Waals surface area contributed by atoms with Gasteiger partial charge in [0.15, 0.2) is 5.78 Å². The van der Waals surface area contributed by atoms with E-state index in [1.165, 1.54) is 4.68 Å². The minimum Gasteiger partial charge on any atom is -0.487 e. The van der Waals surface area contributed by atoms with Gasteiger partial charge in [0.05, 0.1) is 11.6 Å². The Morgan fingerprint density at radius 2 is 2.11 bits per heavy atom. The second-order valence-electron chi connectivity index (χ2n) is 6.09. The van der Waals surface area contributed by atoms with Crippen LogP contribution in [0.3, 0.4) is 0 Å². The van der Waals surface area contributed by atoms with Crippen molar-refractivity contribution in [1.29, 1.82) is 0 Å². The smallest absolute Gasteiger partial charge is 0.361 e. The van der Waals surface area contributed by atoms with E-state index < -0.39 is 0 Å². The second-order valence-corrected chi connectivity index (χ2v) is 6.49. The lowest BCUT2D eigenvalue weighted by Gasteiger charge is -2.14. The minimum atomic E-state index is -0.373. The van der Waals surface area contributed by atoms with Crippen molar-refractivity contribution in [3.8, 4) is 5.75 Å². The van der Waals surface area contributed by atoms with Crippen LogP contribution in [-0.2, 0) is 13.2 Å². The lowest BCUT2D eigenvalue weighted by molar-refractivity contribution is 0.0988. The maximum absolute atomic E-state index is 11.8. The SMILES string of the molecule is CCC(=O)c1ccc(OCc2c(C)cccc2Cn2nn[nH]c2=O)c(Cl)c1. The number of tetrazole rings is 1. The summed E-state index contributed by atoms with van der Waals surface area (Å²) >= 11 is 6.27. The molecule has 8 heteroatoms. The molecule has 0 aliphatic carbocycles. The number of hydrogen-bond acceptors (Lipinski definition) is 5. The van der Waals surface area contributed by atoms with Crippen molar-refractivity contribution in [1.82, 2.24) is 20.2 Å². The molecule has 0 saturated heterocycles. The first-order valence-corrected chi connectivity index (χ1v) is 8.88. The van der Waals surface area contributed by atoms with Gasteiger partial charge in [0.2, 0.25) is 0 Å². The number of halogens is 1. The molecule has 0 saturated carbocycles. The third-order valence-corrected chi connectivity index (χ3v) is 4.60. The van der Waals surface area contributed by atoms with Crippen LogP contribution in [0, 0.1) is 6.92 Å². The van der Waals surface area contributed by atoms with Crippen LogP contribution in [0.5, 0.6) is 5.75 Å². The van der Waals surface area contributed by atoms with E-state index in [0.29, 0.717) is 22.8 Å². The lowest BCUT2D eigenvalue weighted by Crippen LogP contribution is -2.20. The van der Waals surface area contributed by atoms with E-state index in [-0.39, 0.29) is 24.6 Å². The summed E-state index contributed by atoms with van der Waals surface area (Å²) in [7, 11) is 0. The zero-order chi connectivity index (χ0) is 19.4. The third kappa shape index (κ3) is 4.25. The van der Waals surface area contributed by atoms with E-state index in [9.17, 15) is 9.59 Å². The average Bonchev–Trinajstić information content (AvgIpc) is 3.06. The van der Waals surface area contributed by atoms with E-state index >= 15 is 0 Å². The second kappa shape index (κ2) is 8.18. The molecule has 2 aromatic carbocycles. The number of ketones is 1. The first-order valence-electron chi connectivity index (χ1n) is 8.50. The Bertz CT molecular complexity index is 1030. The number of nitrogens with zero attached hydrogens (tertiary/aromatic N) is 3. The number of hydrogen-bond donors (Lipinski definition) is 1. The fraction of sp³-hybridized carbons (Fsp3) is 0.263. The van der Waals surface area contributed by atoms with E-state index in [0.717, 1.165) is 16.7 Å². The zero-order valence-electron chi connectivity index (χ0n) is 15.0. The number of H-pyrrole nitrogens is 1. The van der Waals surface area contributed by atoms with Crippen LogP contribution in [0.2, 0.25) is 5.02 Å². The van der Waals surface area contributed by atoms with Crippen molar-refractivity contribution in [2.75, 3.05) is 0 Å². The molecule has 140 valence electrons. The topological polar surface area (TPSA) is 89.9 Å². The molecular formula is C19H19ClN4O3. The average molecular weight is 387 g/mol. The zero-order valence-corrected chi connectivity index (χ0v) is 15.8. The van der Waals surface area contributed by atoms with Crippen LogP contribution in [-0.4, -0.2) is 26.0 Å². The normalized spacial score (nSPS) is 10.8. The highest BCUT2D eigenvalue weighted by Gasteiger charge is 2.12. The number of carbonyl (C=O) groups is 1. The van der Waals surface area contributed by atoms with Crippen molar-refractivity contribution < 1.29 is 9.53 Å². The standard InChI is InChI=1S/C19H19ClN4O3/c1-3-17(25)13-7-8-18(16(20)9-13)27-11-15-12(2)5-4-6-14(15)10-24-19(26)21-22-23-24/h4-9H,3,10-11H2,1-2H3,(H,21,23,26). The molecule has 0 atom stereocenters. The molecule has 7 nitrogen and oxygen atoms in total. The Morgan fingerprint density at radius 3 is 2.78 bits per heavy atom. The molecule has 0 aliphatic heterocycles. The van der Waals surface area contributed by atoms with Gasteiger partial charge in [-0.1, -0.05) is 36.7 Å². The summed E-state index contributed by atoms with van der Waals surface area (Å²) in [6.07, 6.45) is 0.421. The molecule has 3 aromatic rings. The Balaban J connectivity index is 1.81. The Morgan fingerprint density at radius 1 is 1.30 bits per heavy atom. The van der Waals surface area contributed by atoms with Gasteiger partial charge in [0.25, 0.3) is 0 Å². The number of aromatic nitrogens is 4. The predicted octanol–water partition coefficient (Wildman–Crippen LogP) is 3.15. The number of ether oxygens (including phenoxy) is 1. The lowest BCUT2D eigenvalue weighted by atomic mass is 10.0. The Hall–Kier alpha value is -2.93. The summed E-state index contributed by atoms with van der Waals surface area (Å²) in [6.45, 7) is 4.34. The summed E-state index contributed by atoms with van der Waals surface area (Å²) < 4.78 is 7.13. The number of nitrogens with one attached hydrogen (secondary N) is 1. The highest BCUT2D eigenvalue weighted by atomic mass is 35.5. The van der Waals surface area contributed by atoms with E-state index in [2.05, 4.69) is 15.5 Å². The van der Waals surface area contributed by atoms with Crippen LogP contribution >= 0.6 is 11.6 Å². The number of aryl methyl sites for hydroxylation is 1. The molecule has 0 radical (unpaired) electrons. The molecular weight excluding hydrogens is 368 g/mol. The highest BCUT2D eigenvalue weighted by Crippen LogP contribution is 2.28. The molecule has 0 aliphatic rings. The summed E-state index contributed by atoms with van der Waals surface area (Å²) in [6, 6.07) is 10.8. The van der Waals surface area contributed by atoms with E-state index in [4.69, 9.17) is 16.3 Å². The number of benzene rings is 2. The van der Waals surface area contributed by atoms with Crippen molar-refractivity contribution in [3.05, 3.63) is 74.2 Å². The van der Waals surface area contributed by atoms with Gasteiger partial charge in [0, 0.05) is 12.0 Å². The molecule has 0 amide bonds. The molecule has 27 heavy (non-hydrogen) atoms. The van der Waals surface area contributed by atoms with Gasteiger partial charge in [-0.05, 0) is 52.2 Å². The Labute approximate surface area is 160 Å². The molecule has 0 unspecified atom stereocenters. The Kier molecular flexibility index (Phi) is 5.71. The van der Waals surface area contributed by atoms with Gasteiger partial charge in [-0.3, -0.25) is 4.79 Å². The van der Waals surface area contributed by atoms with Gasteiger partial charge >= 0.3 is 5.69 Å². The summed E-state index contributed by atoms with van der Waals surface area (Å²) in [5.74, 6) is 0.528. The van der Waals surface area contributed by atoms with Gasteiger partial charge < -0.3 is 4.74 Å². The molecule has 0 fully saturated rings. The maximum Gasteiger partial charge on any atom is 0.361 e. The van der Waals surface area contributed by atoms with Gasteiger partial charge in [-0.2, -0.15) is 4.68 Å². The summed E-state index contributed by atoms with van der Waals surface area (Å²) in [5.41, 5.74) is 3.06. The van der Waals surface area contributed by atoms with Crippen LogP contribution in [0.4, 0.5) is 0 Å². The number of Topliss-reactive ketones (excluding diaryl/α,β-unsaturated/α-hetero) is 1. The molecule has 0 bridgehead atoms. The first-order chi connectivity index (χ1) is 13.0. The molecule has 1 N–H and O–H groups in total. The molecule has 0 spiro atoms. The van der Waals surface area contributed by atoms with Crippen molar-refractivity contribution >= 4 is 17.4 Å². The van der Waals surface area contributed by atoms with Crippen LogP contribution in [0.15, 0.2) is 41.2 Å². The van der Waals surface area contributed by atoms with Crippen molar-refractivity contribution in [2.45, 2.75) is 33.4 Å². The largest absolute Gasteiger partial charge is 0.487 e. The fourth-order valence-corrected chi connectivity index (χ4v) is 2.98. The van der Waals surface area contributed by atoms with Gasteiger partial charge in [0.1, 0.15) is 12.4 Å². The molecule has 3 rings (SSSR count). The molecule has 1 aromatic heterocycles. The van der Waals surface area contributed by atoms with Gasteiger partial charge in [-0.25, -0.2) is 9.89 Å². The van der Waals surface area contributed by atoms with E-state index in [1.54, 1.807) is 25.1 Å². The van der Waals surface area contributed by atoms with Crippen LogP contribution in [0.25, 0.3) is 0 Å². The van der Waals surface area contributed by atoms with Gasteiger partial charge in [-0.15, -0.1) is 0 Å². The monoisotopic (exact) mass is 386 g/mol. The highest BCUT2D eigenvalue weighted by molar-refractivity contribution is 6.32. The van der Waals surface area contributed by atoms with Crippen molar-refractivity contribution in [2.24, 2.45) is 0 Å². The third-order valence-electron chi connectivity index (χ3n) is 4.31. The quantitative estimate of drug-likeness (QED) is 0.630. The summed E-state index contributed by atoms with van der Waals surface area (Å²) in [5, 5.41) is 9.92. The van der Waals surface area contributed by atoms with E-state index in [1.807, 2.05) is 25.1 Å². The summed E-state index contributed by atoms with van der Waals surface area (Å²) in [4.78, 5) is 23.4. The number of carbonyl (C=O) groups excluding carboxylic acids is 1. The van der Waals surface area contributed by atoms with Crippen molar-refractivity contribution in [3.63, 3.8) is 0 Å².